The van der Waals surface area contributed by atoms with E-state index in [0.29, 0.717) is 5.56 Å². The Bertz CT molecular complexity index is 350. The van der Waals surface area contributed by atoms with Crippen molar-refractivity contribution in [2.24, 2.45) is 0 Å². The van der Waals surface area contributed by atoms with Crippen LogP contribution in [0.15, 0.2) is 36.6 Å². The van der Waals surface area contributed by atoms with Crippen molar-refractivity contribution in [1.29, 1.82) is 0 Å². The van der Waals surface area contributed by atoms with Gasteiger partial charge in [-0.05, 0) is 18.4 Å². The van der Waals surface area contributed by atoms with E-state index >= 15 is 0 Å². The molecule has 0 spiro atoms. The van der Waals surface area contributed by atoms with Gasteiger partial charge in [0.2, 0.25) is 0 Å². The molecule has 0 atom stereocenters. The van der Waals surface area contributed by atoms with Gasteiger partial charge < -0.3 is 5.11 Å². The van der Waals surface area contributed by atoms with Crippen LogP contribution in [0.1, 0.15) is 42.1 Å². The minimum atomic E-state index is -0.164. The molecule has 16 heavy (non-hydrogen) atoms. The van der Waals surface area contributed by atoms with Crippen LogP contribution in [-0.2, 0) is 6.42 Å². The second-order valence-electron chi connectivity index (χ2n) is 3.83. The van der Waals surface area contributed by atoms with Crippen LogP contribution < -0.4 is 0 Å². The van der Waals surface area contributed by atoms with E-state index in [0.717, 1.165) is 18.8 Å². The van der Waals surface area contributed by atoms with Crippen molar-refractivity contribution >= 4 is 5.78 Å². The number of carbonyl (C=O) groups excluding carboxylic acids is 1. The number of rotatable bonds is 6. The van der Waals surface area contributed by atoms with Gasteiger partial charge in [0.1, 0.15) is 0 Å². The van der Waals surface area contributed by atoms with Crippen LogP contribution in [0.25, 0.3) is 0 Å². The molecule has 0 unspecified atom stereocenters. The highest BCUT2D eigenvalue weighted by molar-refractivity contribution is 6.04. The first-order valence-corrected chi connectivity index (χ1v) is 5.72. The van der Waals surface area contributed by atoms with Crippen LogP contribution in [0.5, 0.6) is 0 Å². The number of allylic oxidation sites excluding steroid dienone is 1. The predicted molar refractivity (Wildman–Crippen MR) is 65.8 cm³/mol. The average Bonchev–Trinajstić information content (AvgIpc) is 2.30. The fourth-order valence-electron chi connectivity index (χ4n) is 1.58. The molecule has 1 aromatic rings. The van der Waals surface area contributed by atoms with Gasteiger partial charge in [-0.25, -0.2) is 0 Å². The van der Waals surface area contributed by atoms with Crippen LogP contribution in [0, 0.1) is 0 Å². The largest absolute Gasteiger partial charge is 0.515 e. The monoisotopic (exact) mass is 218 g/mol. The summed E-state index contributed by atoms with van der Waals surface area (Å²) in [6.45, 7) is 2.18. The Labute approximate surface area is 96.6 Å². The maximum absolute atomic E-state index is 11.4. The molecule has 2 nitrogen and oxygen atoms in total. The van der Waals surface area contributed by atoms with Crippen LogP contribution in [-0.4, -0.2) is 10.9 Å². The Hall–Kier alpha value is -1.57. The number of aliphatic hydroxyl groups is 1. The highest BCUT2D eigenvalue weighted by Crippen LogP contribution is 2.09. The summed E-state index contributed by atoms with van der Waals surface area (Å²) in [5.74, 6) is -0.164. The molecule has 0 aliphatic rings. The zero-order valence-corrected chi connectivity index (χ0v) is 9.65. The smallest absolute Gasteiger partial charge is 0.188 e. The second-order valence-corrected chi connectivity index (χ2v) is 3.83. The highest BCUT2D eigenvalue weighted by Gasteiger charge is 2.01. The minimum Gasteiger partial charge on any atom is -0.515 e. The van der Waals surface area contributed by atoms with Crippen LogP contribution in [0.3, 0.4) is 0 Å². The van der Waals surface area contributed by atoms with Crippen LogP contribution in [0.4, 0.5) is 0 Å². The summed E-state index contributed by atoms with van der Waals surface area (Å²) in [6, 6.07) is 7.58. The molecule has 0 bridgehead atoms. The fraction of sp³-hybridized carbons (Fsp3) is 0.357. The van der Waals surface area contributed by atoms with Crippen LogP contribution >= 0.6 is 0 Å². The number of aryl methyl sites for hydroxylation is 1. The Kier molecular flexibility index (Phi) is 5.34. The number of hydrogen-bond donors (Lipinski definition) is 1. The normalized spacial score (nSPS) is 10.8. The summed E-state index contributed by atoms with van der Waals surface area (Å²) in [5.41, 5.74) is 1.88. The standard InChI is InChI=1S/C14H18O2/c1-2-3-4-5-12-6-8-13(9-7-12)14(16)10-11-15/h6-11,15H,2-5H2,1H3/b11-10+. The Morgan fingerprint density at radius 2 is 1.94 bits per heavy atom. The second kappa shape index (κ2) is 6.83. The topological polar surface area (TPSA) is 37.3 Å². The molecule has 0 aliphatic heterocycles. The molecule has 1 N–H and O–H groups in total. The molecule has 0 radical (unpaired) electrons. The van der Waals surface area contributed by atoms with Crippen molar-refractivity contribution in [3.05, 3.63) is 47.7 Å². The maximum atomic E-state index is 11.4. The summed E-state index contributed by atoms with van der Waals surface area (Å²) in [5, 5.41) is 8.49. The molecule has 0 saturated heterocycles. The van der Waals surface area contributed by atoms with E-state index in [1.165, 1.54) is 24.8 Å². The lowest BCUT2D eigenvalue weighted by Gasteiger charge is -2.01. The molecule has 0 fully saturated rings. The lowest BCUT2D eigenvalue weighted by molar-refractivity contribution is 0.104. The first kappa shape index (κ1) is 12.5. The summed E-state index contributed by atoms with van der Waals surface area (Å²) in [4.78, 5) is 11.4. The molecule has 0 heterocycles. The zero-order valence-electron chi connectivity index (χ0n) is 9.65. The van der Waals surface area contributed by atoms with Gasteiger partial charge in [-0.1, -0.05) is 44.0 Å². The van der Waals surface area contributed by atoms with E-state index in [9.17, 15) is 4.79 Å². The number of aliphatic hydroxyl groups excluding tert-OH is 1. The molecular weight excluding hydrogens is 200 g/mol. The van der Waals surface area contributed by atoms with E-state index in [-0.39, 0.29) is 5.78 Å². The number of carbonyl (C=O) groups is 1. The molecule has 0 amide bonds. The molecule has 1 aromatic carbocycles. The van der Waals surface area contributed by atoms with E-state index in [2.05, 4.69) is 6.92 Å². The number of ketones is 1. The molecule has 0 aromatic heterocycles. The summed E-state index contributed by atoms with van der Waals surface area (Å²) < 4.78 is 0. The van der Waals surface area contributed by atoms with Crippen molar-refractivity contribution in [3.8, 4) is 0 Å². The van der Waals surface area contributed by atoms with E-state index < -0.39 is 0 Å². The van der Waals surface area contributed by atoms with Gasteiger partial charge in [0.15, 0.2) is 5.78 Å². The van der Waals surface area contributed by atoms with Crippen molar-refractivity contribution in [1.82, 2.24) is 0 Å². The van der Waals surface area contributed by atoms with E-state index in [4.69, 9.17) is 5.11 Å². The number of benzene rings is 1. The van der Waals surface area contributed by atoms with E-state index in [1.807, 2.05) is 24.3 Å². The maximum Gasteiger partial charge on any atom is 0.188 e. The van der Waals surface area contributed by atoms with Gasteiger partial charge in [0.05, 0.1) is 6.26 Å². The molecule has 86 valence electrons. The molecule has 2 heteroatoms. The quantitative estimate of drug-likeness (QED) is 0.342. The number of unbranched alkanes of at least 4 members (excludes halogenated alkanes) is 2. The molecule has 0 saturated carbocycles. The third kappa shape index (κ3) is 3.89. The summed E-state index contributed by atoms with van der Waals surface area (Å²) >= 11 is 0. The third-order valence-electron chi connectivity index (χ3n) is 2.53. The van der Waals surface area contributed by atoms with Gasteiger partial charge in [-0.3, -0.25) is 4.79 Å². The highest BCUT2D eigenvalue weighted by atomic mass is 16.2. The Balaban J connectivity index is 2.57. The van der Waals surface area contributed by atoms with E-state index in [1.54, 1.807) is 0 Å². The van der Waals surface area contributed by atoms with Crippen molar-refractivity contribution < 1.29 is 9.90 Å². The van der Waals surface area contributed by atoms with Crippen molar-refractivity contribution in [2.75, 3.05) is 0 Å². The van der Waals surface area contributed by atoms with Gasteiger partial charge in [-0.2, -0.15) is 0 Å². The van der Waals surface area contributed by atoms with Gasteiger partial charge in [-0.15, -0.1) is 0 Å². The predicted octanol–water partition coefficient (Wildman–Crippen LogP) is 3.67. The molecule has 0 aliphatic carbocycles. The molecule has 1 rings (SSSR count). The minimum absolute atomic E-state index is 0.164. The Morgan fingerprint density at radius 1 is 1.25 bits per heavy atom. The lowest BCUT2D eigenvalue weighted by atomic mass is 10.0. The molecular formula is C14H18O2. The Morgan fingerprint density at radius 3 is 2.50 bits per heavy atom. The first-order chi connectivity index (χ1) is 7.77. The fourth-order valence-corrected chi connectivity index (χ4v) is 1.58. The third-order valence-corrected chi connectivity index (χ3v) is 2.53. The zero-order chi connectivity index (χ0) is 11.8. The summed E-state index contributed by atoms with van der Waals surface area (Å²) in [6.07, 6.45) is 6.66. The van der Waals surface area contributed by atoms with Crippen molar-refractivity contribution in [3.63, 3.8) is 0 Å². The first-order valence-electron chi connectivity index (χ1n) is 5.72. The SMILES string of the molecule is CCCCCc1ccc(C(=O)/C=C/O)cc1. The van der Waals surface area contributed by atoms with Gasteiger partial charge in [0, 0.05) is 11.6 Å². The van der Waals surface area contributed by atoms with Gasteiger partial charge >= 0.3 is 0 Å². The van der Waals surface area contributed by atoms with Crippen LogP contribution in [0.2, 0.25) is 0 Å². The van der Waals surface area contributed by atoms with Gasteiger partial charge in [0.25, 0.3) is 0 Å². The lowest BCUT2D eigenvalue weighted by Crippen LogP contribution is -1.94. The van der Waals surface area contributed by atoms with Crippen molar-refractivity contribution in [2.45, 2.75) is 32.6 Å². The average molecular weight is 218 g/mol. The summed E-state index contributed by atoms with van der Waals surface area (Å²) in [7, 11) is 0. The number of hydrogen-bond acceptors (Lipinski definition) is 2.